The molecule has 3 rings (SSSR count). The Labute approximate surface area is 115 Å². The van der Waals surface area contributed by atoms with Crippen LogP contribution in [0.1, 0.15) is 24.5 Å². The molecule has 0 radical (unpaired) electrons. The van der Waals surface area contributed by atoms with E-state index in [0.717, 1.165) is 31.8 Å². The van der Waals surface area contributed by atoms with E-state index in [0.29, 0.717) is 5.41 Å². The molecule has 0 aliphatic carbocycles. The molecule has 0 saturated carbocycles. The van der Waals surface area contributed by atoms with E-state index in [4.69, 9.17) is 4.74 Å². The highest BCUT2D eigenvalue weighted by Crippen LogP contribution is 2.31. The Morgan fingerprint density at radius 3 is 3.05 bits per heavy atom. The first kappa shape index (κ1) is 12.9. The van der Waals surface area contributed by atoms with Crippen molar-refractivity contribution in [2.75, 3.05) is 33.3 Å². The second kappa shape index (κ2) is 5.14. The second-order valence-electron chi connectivity index (χ2n) is 6.30. The molecule has 0 spiro atoms. The van der Waals surface area contributed by atoms with Crippen molar-refractivity contribution in [2.45, 2.75) is 26.3 Å². The third kappa shape index (κ3) is 2.63. The fourth-order valence-electron chi connectivity index (χ4n) is 3.50. The van der Waals surface area contributed by atoms with Crippen LogP contribution in [-0.4, -0.2) is 38.2 Å². The zero-order valence-corrected chi connectivity index (χ0v) is 12.0. The molecule has 1 unspecified atom stereocenters. The van der Waals surface area contributed by atoms with Gasteiger partial charge in [-0.25, -0.2) is 0 Å². The van der Waals surface area contributed by atoms with Crippen molar-refractivity contribution in [1.82, 2.24) is 10.2 Å². The van der Waals surface area contributed by atoms with Gasteiger partial charge < -0.3 is 10.1 Å². The van der Waals surface area contributed by atoms with Gasteiger partial charge in [-0.2, -0.15) is 0 Å². The predicted molar refractivity (Wildman–Crippen MR) is 77.6 cm³/mol. The summed E-state index contributed by atoms with van der Waals surface area (Å²) < 4.78 is 5.47. The molecule has 1 aromatic rings. The lowest BCUT2D eigenvalue weighted by molar-refractivity contribution is 0.163. The number of nitrogens with one attached hydrogen (secondary N) is 1. The lowest BCUT2D eigenvalue weighted by Crippen LogP contribution is -2.40. The number of rotatable bonds is 3. The maximum Gasteiger partial charge on any atom is 0.122 e. The first-order valence-electron chi connectivity index (χ1n) is 7.28. The van der Waals surface area contributed by atoms with Gasteiger partial charge in [0.25, 0.3) is 0 Å². The van der Waals surface area contributed by atoms with E-state index < -0.39 is 0 Å². The van der Waals surface area contributed by atoms with Crippen LogP contribution in [0.3, 0.4) is 0 Å². The third-order valence-electron chi connectivity index (χ3n) is 4.58. The van der Waals surface area contributed by atoms with Gasteiger partial charge in [-0.05, 0) is 42.0 Å². The van der Waals surface area contributed by atoms with Crippen molar-refractivity contribution in [3.63, 3.8) is 0 Å². The van der Waals surface area contributed by atoms with Crippen molar-refractivity contribution in [1.29, 1.82) is 0 Å². The standard InChI is InChI=1S/C16H24N2O/c1-16(7-8-17-11-16)12-18-9-6-14-13(10-18)4-3-5-15(14)19-2/h3-5,17H,6-12H2,1-2H3. The fourth-order valence-corrected chi connectivity index (χ4v) is 3.50. The second-order valence-corrected chi connectivity index (χ2v) is 6.30. The Hall–Kier alpha value is -1.06. The Morgan fingerprint density at radius 2 is 2.32 bits per heavy atom. The molecule has 2 aliphatic heterocycles. The summed E-state index contributed by atoms with van der Waals surface area (Å²) in [6.07, 6.45) is 2.41. The molecule has 1 fully saturated rings. The van der Waals surface area contributed by atoms with Crippen molar-refractivity contribution < 1.29 is 4.74 Å². The van der Waals surface area contributed by atoms with E-state index in [1.807, 2.05) is 0 Å². The zero-order valence-electron chi connectivity index (χ0n) is 12.0. The summed E-state index contributed by atoms with van der Waals surface area (Å²) in [5.74, 6) is 1.06. The van der Waals surface area contributed by atoms with E-state index >= 15 is 0 Å². The van der Waals surface area contributed by atoms with Gasteiger partial charge in [0, 0.05) is 26.2 Å². The van der Waals surface area contributed by atoms with Crippen molar-refractivity contribution in [2.24, 2.45) is 5.41 Å². The topological polar surface area (TPSA) is 24.5 Å². The van der Waals surface area contributed by atoms with Crippen LogP contribution in [0, 0.1) is 5.41 Å². The molecule has 0 amide bonds. The largest absolute Gasteiger partial charge is 0.496 e. The molecule has 0 aromatic heterocycles. The Balaban J connectivity index is 1.72. The maximum absolute atomic E-state index is 5.47. The zero-order chi connectivity index (χ0) is 13.3. The number of ether oxygens (including phenoxy) is 1. The number of hydrogen-bond acceptors (Lipinski definition) is 3. The molecule has 1 aromatic carbocycles. The van der Waals surface area contributed by atoms with Crippen molar-refractivity contribution in [3.8, 4) is 5.75 Å². The third-order valence-corrected chi connectivity index (χ3v) is 4.58. The minimum Gasteiger partial charge on any atom is -0.496 e. The van der Waals surface area contributed by atoms with E-state index in [1.165, 1.54) is 30.6 Å². The summed E-state index contributed by atoms with van der Waals surface area (Å²) in [4.78, 5) is 2.61. The quantitative estimate of drug-likeness (QED) is 0.900. The molecule has 104 valence electrons. The minimum absolute atomic E-state index is 0.455. The Bertz CT molecular complexity index is 452. The molecule has 1 atom stereocenters. The van der Waals surface area contributed by atoms with Crippen LogP contribution in [0.15, 0.2) is 18.2 Å². The SMILES string of the molecule is COc1cccc2c1CCN(CC1(C)CCNC1)C2. The fraction of sp³-hybridized carbons (Fsp3) is 0.625. The number of benzene rings is 1. The summed E-state index contributed by atoms with van der Waals surface area (Å²) >= 11 is 0. The lowest BCUT2D eigenvalue weighted by Gasteiger charge is -2.35. The molecule has 3 nitrogen and oxygen atoms in total. The summed E-state index contributed by atoms with van der Waals surface area (Å²) in [5.41, 5.74) is 3.31. The van der Waals surface area contributed by atoms with Crippen LogP contribution in [0.25, 0.3) is 0 Å². The van der Waals surface area contributed by atoms with Crippen molar-refractivity contribution >= 4 is 0 Å². The van der Waals surface area contributed by atoms with Crippen LogP contribution < -0.4 is 10.1 Å². The van der Waals surface area contributed by atoms with Gasteiger partial charge >= 0.3 is 0 Å². The molecular weight excluding hydrogens is 236 g/mol. The lowest BCUT2D eigenvalue weighted by atomic mass is 9.88. The van der Waals surface area contributed by atoms with E-state index in [2.05, 4.69) is 35.3 Å². The van der Waals surface area contributed by atoms with Gasteiger partial charge in [-0.1, -0.05) is 19.1 Å². The first-order valence-corrected chi connectivity index (χ1v) is 7.28. The van der Waals surface area contributed by atoms with Crippen LogP contribution in [-0.2, 0) is 13.0 Å². The Kier molecular flexibility index (Phi) is 3.50. The molecule has 2 aliphatic rings. The van der Waals surface area contributed by atoms with Gasteiger partial charge in [-0.3, -0.25) is 4.90 Å². The average molecular weight is 260 g/mol. The van der Waals surface area contributed by atoms with Gasteiger partial charge in [0.05, 0.1) is 7.11 Å². The highest BCUT2D eigenvalue weighted by atomic mass is 16.5. The van der Waals surface area contributed by atoms with E-state index in [1.54, 1.807) is 7.11 Å². The van der Waals surface area contributed by atoms with E-state index in [-0.39, 0.29) is 0 Å². The molecular formula is C16H24N2O. The highest BCUT2D eigenvalue weighted by Gasteiger charge is 2.32. The van der Waals surface area contributed by atoms with Gasteiger partial charge in [0.2, 0.25) is 0 Å². The Morgan fingerprint density at radius 1 is 1.42 bits per heavy atom. The van der Waals surface area contributed by atoms with E-state index in [9.17, 15) is 0 Å². The molecule has 0 bridgehead atoms. The normalized spacial score (nSPS) is 27.3. The number of fused-ring (bicyclic) bond motifs is 1. The maximum atomic E-state index is 5.47. The van der Waals surface area contributed by atoms with Gasteiger partial charge in [0.15, 0.2) is 0 Å². The minimum atomic E-state index is 0.455. The van der Waals surface area contributed by atoms with Crippen LogP contribution >= 0.6 is 0 Å². The van der Waals surface area contributed by atoms with Crippen LogP contribution in [0.5, 0.6) is 5.75 Å². The highest BCUT2D eigenvalue weighted by molar-refractivity contribution is 5.41. The molecule has 3 heteroatoms. The monoisotopic (exact) mass is 260 g/mol. The van der Waals surface area contributed by atoms with Gasteiger partial charge in [0.1, 0.15) is 5.75 Å². The van der Waals surface area contributed by atoms with Gasteiger partial charge in [-0.15, -0.1) is 0 Å². The average Bonchev–Trinajstić information content (AvgIpc) is 2.84. The summed E-state index contributed by atoms with van der Waals surface area (Å²) in [5, 5.41) is 3.49. The number of nitrogens with zero attached hydrogens (tertiary/aromatic N) is 1. The number of hydrogen-bond donors (Lipinski definition) is 1. The summed E-state index contributed by atoms with van der Waals surface area (Å²) in [7, 11) is 1.77. The molecule has 1 N–H and O–H groups in total. The van der Waals surface area contributed by atoms with Crippen LogP contribution in [0.2, 0.25) is 0 Å². The molecule has 2 heterocycles. The summed E-state index contributed by atoms with van der Waals surface area (Å²) in [6, 6.07) is 6.44. The smallest absolute Gasteiger partial charge is 0.122 e. The molecule has 19 heavy (non-hydrogen) atoms. The molecule has 1 saturated heterocycles. The van der Waals surface area contributed by atoms with Crippen LogP contribution in [0.4, 0.5) is 0 Å². The predicted octanol–water partition coefficient (Wildman–Crippen LogP) is 2.05. The van der Waals surface area contributed by atoms with Crippen molar-refractivity contribution in [3.05, 3.63) is 29.3 Å². The summed E-state index contributed by atoms with van der Waals surface area (Å²) in [6.45, 7) is 8.18. The first-order chi connectivity index (χ1) is 9.20. The number of methoxy groups -OCH3 is 1.